The predicted molar refractivity (Wildman–Crippen MR) is 169 cm³/mol. The van der Waals surface area contributed by atoms with Gasteiger partial charge in [-0.2, -0.15) is 9.97 Å². The molecule has 1 saturated carbocycles. The second-order valence-corrected chi connectivity index (χ2v) is 11.6. The number of aromatic nitrogens is 3. The predicted octanol–water partition coefficient (Wildman–Crippen LogP) is 6.95. The number of nitrogens with one attached hydrogen (secondary N) is 3. The normalized spacial score (nSPS) is 14.2. The first kappa shape index (κ1) is 30.4. The minimum absolute atomic E-state index is 0.141. The van der Waals surface area contributed by atoms with Crippen LogP contribution in [0.5, 0.6) is 0 Å². The van der Waals surface area contributed by atoms with E-state index in [1.807, 2.05) is 47.3 Å². The number of amides is 1. The highest BCUT2D eigenvalue weighted by Crippen LogP contribution is 2.29. The van der Waals surface area contributed by atoms with Crippen molar-refractivity contribution in [2.75, 3.05) is 10.6 Å². The Morgan fingerprint density at radius 3 is 2.49 bits per heavy atom. The summed E-state index contributed by atoms with van der Waals surface area (Å²) >= 11 is 12.4. The van der Waals surface area contributed by atoms with Gasteiger partial charge in [0.2, 0.25) is 11.9 Å². The molecule has 0 saturated heterocycles. The Morgan fingerprint density at radius 1 is 0.953 bits per heavy atom. The molecule has 1 atom stereocenters. The van der Waals surface area contributed by atoms with E-state index in [4.69, 9.17) is 28.2 Å². The highest BCUT2D eigenvalue weighted by Gasteiger charge is 2.25. The minimum atomic E-state index is -0.986. The van der Waals surface area contributed by atoms with Crippen LogP contribution in [0.1, 0.15) is 60.0 Å². The van der Waals surface area contributed by atoms with Gasteiger partial charge in [0, 0.05) is 41.6 Å². The zero-order valence-electron chi connectivity index (χ0n) is 23.6. The Morgan fingerprint density at radius 2 is 1.74 bits per heavy atom. The Hall–Kier alpha value is -4.08. The molecule has 2 heterocycles. The van der Waals surface area contributed by atoms with Gasteiger partial charge in [0.15, 0.2) is 0 Å². The minimum Gasteiger partial charge on any atom is -0.478 e. The molecule has 224 valence electrons. The zero-order valence-corrected chi connectivity index (χ0v) is 25.1. The van der Waals surface area contributed by atoms with Gasteiger partial charge < -0.3 is 25.6 Å². The quantitative estimate of drug-likeness (QED) is 0.135. The fourth-order valence-electron chi connectivity index (χ4n) is 5.34. The van der Waals surface area contributed by atoms with Gasteiger partial charge in [-0.05, 0) is 59.9 Å². The molecule has 0 bridgehead atoms. The van der Waals surface area contributed by atoms with E-state index in [0.717, 1.165) is 24.0 Å². The second-order valence-electron chi connectivity index (χ2n) is 10.8. The monoisotopic (exact) mass is 620 g/mol. The maximum absolute atomic E-state index is 13.6. The molecule has 5 rings (SSSR count). The summed E-state index contributed by atoms with van der Waals surface area (Å²) in [5.74, 6) is 0.771. The van der Waals surface area contributed by atoms with E-state index in [1.54, 1.807) is 30.3 Å². The Bertz CT molecular complexity index is 1560. The number of nitrogens with zero attached hydrogens (tertiary/aromatic N) is 3. The van der Waals surface area contributed by atoms with Gasteiger partial charge in [-0.15, -0.1) is 0 Å². The molecule has 4 aromatic rings. The standard InChI is InChI=1S/C32H34Cl2N6O3/c33-25-12-11-24(26(34)17-25)20-35-30(41)27(16-21-7-2-1-3-8-21)37-28-18-29(40-13-4-5-14-40)39-32(38-28)36-19-22-9-6-10-23(15-22)31(42)43/h4-6,9-15,17-18,21,27H,1-3,7-8,16,19-20H2,(H,35,41)(H,42,43)(H2,36,37,38,39)/t27-/m1/s1. The molecule has 2 aromatic carbocycles. The van der Waals surface area contributed by atoms with Gasteiger partial charge in [0.1, 0.15) is 17.7 Å². The first-order valence-corrected chi connectivity index (χ1v) is 15.2. The highest BCUT2D eigenvalue weighted by atomic mass is 35.5. The lowest BCUT2D eigenvalue weighted by Crippen LogP contribution is -2.41. The lowest BCUT2D eigenvalue weighted by atomic mass is 9.84. The SMILES string of the molecule is O=C(O)c1cccc(CNc2nc(N[C@H](CC3CCCCC3)C(=O)NCc3ccc(Cl)cc3Cl)cc(-n3cccc3)n2)c1. The van der Waals surface area contributed by atoms with Gasteiger partial charge in [0.25, 0.3) is 0 Å². The van der Waals surface area contributed by atoms with Gasteiger partial charge in [-0.1, -0.05) is 73.5 Å². The lowest BCUT2D eigenvalue weighted by Gasteiger charge is -2.27. The highest BCUT2D eigenvalue weighted by molar-refractivity contribution is 6.35. The summed E-state index contributed by atoms with van der Waals surface area (Å²) in [6.07, 6.45) is 10.2. The van der Waals surface area contributed by atoms with Crippen LogP contribution in [0.4, 0.5) is 11.8 Å². The van der Waals surface area contributed by atoms with E-state index in [-0.39, 0.29) is 18.0 Å². The Labute approximate surface area is 260 Å². The van der Waals surface area contributed by atoms with Crippen molar-refractivity contribution in [1.82, 2.24) is 19.9 Å². The molecule has 0 unspecified atom stereocenters. The van der Waals surface area contributed by atoms with Crippen LogP contribution in [0.3, 0.4) is 0 Å². The molecule has 9 nitrogen and oxygen atoms in total. The smallest absolute Gasteiger partial charge is 0.335 e. The van der Waals surface area contributed by atoms with E-state index >= 15 is 0 Å². The van der Waals surface area contributed by atoms with Crippen molar-refractivity contribution in [3.05, 3.63) is 99.8 Å². The molecule has 1 fully saturated rings. The van der Waals surface area contributed by atoms with Crippen LogP contribution in [-0.4, -0.2) is 37.6 Å². The molecule has 4 N–H and O–H groups in total. The molecule has 2 aromatic heterocycles. The van der Waals surface area contributed by atoms with Crippen LogP contribution >= 0.6 is 23.2 Å². The number of benzene rings is 2. The van der Waals surface area contributed by atoms with Crippen molar-refractivity contribution in [2.45, 2.75) is 57.7 Å². The first-order chi connectivity index (χ1) is 20.8. The van der Waals surface area contributed by atoms with E-state index in [0.29, 0.717) is 46.5 Å². The average molecular weight is 622 g/mol. The number of carbonyl (C=O) groups is 2. The molecule has 0 aliphatic heterocycles. The van der Waals surface area contributed by atoms with Crippen LogP contribution in [0.2, 0.25) is 10.0 Å². The molecule has 1 aliphatic rings. The van der Waals surface area contributed by atoms with E-state index < -0.39 is 12.0 Å². The van der Waals surface area contributed by atoms with Crippen LogP contribution in [-0.2, 0) is 17.9 Å². The molecule has 0 spiro atoms. The summed E-state index contributed by atoms with van der Waals surface area (Å²) in [4.78, 5) is 34.4. The third-order valence-electron chi connectivity index (χ3n) is 7.61. The third-order valence-corrected chi connectivity index (χ3v) is 8.19. The maximum atomic E-state index is 13.6. The number of aromatic carboxylic acids is 1. The summed E-state index contributed by atoms with van der Waals surface area (Å²) in [5, 5.41) is 20.1. The fraction of sp³-hybridized carbons (Fsp3) is 0.312. The number of carboxylic acids is 1. The number of hydrogen-bond donors (Lipinski definition) is 4. The van der Waals surface area contributed by atoms with Crippen molar-refractivity contribution < 1.29 is 14.7 Å². The van der Waals surface area contributed by atoms with Crippen LogP contribution < -0.4 is 16.0 Å². The topological polar surface area (TPSA) is 121 Å². The average Bonchev–Trinajstić information content (AvgIpc) is 3.55. The van der Waals surface area contributed by atoms with Crippen LogP contribution in [0.15, 0.2) is 73.1 Å². The summed E-state index contributed by atoms with van der Waals surface area (Å²) < 4.78 is 1.86. The van der Waals surface area contributed by atoms with Crippen molar-refractivity contribution >= 4 is 46.8 Å². The van der Waals surface area contributed by atoms with Crippen LogP contribution in [0, 0.1) is 5.92 Å². The summed E-state index contributed by atoms with van der Waals surface area (Å²) in [5.41, 5.74) is 1.77. The number of anilines is 2. The molecular weight excluding hydrogens is 587 g/mol. The number of halogens is 2. The molecule has 43 heavy (non-hydrogen) atoms. The maximum Gasteiger partial charge on any atom is 0.335 e. The largest absolute Gasteiger partial charge is 0.478 e. The molecule has 11 heteroatoms. The Kier molecular flexibility index (Phi) is 10.2. The summed E-state index contributed by atoms with van der Waals surface area (Å²) in [7, 11) is 0. The number of carbonyl (C=O) groups excluding carboxylic acids is 1. The second kappa shape index (κ2) is 14.4. The molecular formula is C32H34Cl2N6O3. The van der Waals surface area contributed by atoms with Gasteiger partial charge in [0.05, 0.1) is 5.56 Å². The summed E-state index contributed by atoms with van der Waals surface area (Å²) in [6.45, 7) is 0.599. The van der Waals surface area contributed by atoms with Gasteiger partial charge >= 0.3 is 5.97 Å². The van der Waals surface area contributed by atoms with Crippen molar-refractivity contribution in [2.24, 2.45) is 5.92 Å². The van der Waals surface area contributed by atoms with E-state index in [1.165, 1.54) is 19.3 Å². The fourth-order valence-corrected chi connectivity index (χ4v) is 5.81. The van der Waals surface area contributed by atoms with E-state index in [2.05, 4.69) is 20.9 Å². The molecule has 1 amide bonds. The van der Waals surface area contributed by atoms with E-state index in [9.17, 15) is 14.7 Å². The lowest BCUT2D eigenvalue weighted by molar-refractivity contribution is -0.122. The Balaban J connectivity index is 1.37. The van der Waals surface area contributed by atoms with Crippen molar-refractivity contribution in [1.29, 1.82) is 0 Å². The van der Waals surface area contributed by atoms with Crippen molar-refractivity contribution in [3.63, 3.8) is 0 Å². The third kappa shape index (κ3) is 8.49. The number of carboxylic acid groups (broad SMARTS) is 1. The van der Waals surface area contributed by atoms with Crippen LogP contribution in [0.25, 0.3) is 5.82 Å². The number of hydrogen-bond acceptors (Lipinski definition) is 6. The van der Waals surface area contributed by atoms with Gasteiger partial charge in [-0.25, -0.2) is 4.79 Å². The zero-order chi connectivity index (χ0) is 30.2. The summed E-state index contributed by atoms with van der Waals surface area (Å²) in [6, 6.07) is 17.0. The first-order valence-electron chi connectivity index (χ1n) is 14.4. The molecule has 0 radical (unpaired) electrons. The van der Waals surface area contributed by atoms with Gasteiger partial charge in [-0.3, -0.25) is 4.79 Å². The van der Waals surface area contributed by atoms with Crippen molar-refractivity contribution in [3.8, 4) is 5.82 Å². The number of rotatable bonds is 12. The molecule has 1 aliphatic carbocycles.